The van der Waals surface area contributed by atoms with Crippen molar-refractivity contribution in [1.29, 1.82) is 5.26 Å². The fraction of sp³-hybridized carbons (Fsp3) is 0.611. The highest BCUT2D eigenvalue weighted by Gasteiger charge is 2.38. The van der Waals surface area contributed by atoms with Crippen molar-refractivity contribution in [2.75, 3.05) is 7.11 Å². The summed E-state index contributed by atoms with van der Waals surface area (Å²) in [6.45, 7) is 2.20. The van der Waals surface area contributed by atoms with Gasteiger partial charge in [-0.2, -0.15) is 5.26 Å². The van der Waals surface area contributed by atoms with Crippen molar-refractivity contribution in [2.24, 2.45) is 5.92 Å². The zero-order valence-corrected chi connectivity index (χ0v) is 13.0. The molecule has 3 heteroatoms. The highest BCUT2D eigenvalue weighted by atomic mass is 19.1. The summed E-state index contributed by atoms with van der Waals surface area (Å²) in [6.07, 6.45) is 7.29. The lowest BCUT2D eigenvalue weighted by molar-refractivity contribution is 0.258. The molecule has 1 saturated carbocycles. The lowest BCUT2D eigenvalue weighted by Gasteiger charge is -2.35. The molecule has 1 aliphatic rings. The summed E-state index contributed by atoms with van der Waals surface area (Å²) >= 11 is 0. The number of ether oxygens (including phenoxy) is 1. The normalized spacial score (nSPS) is 25.3. The van der Waals surface area contributed by atoms with Crippen LogP contribution in [0.5, 0.6) is 5.75 Å². The molecular formula is C18H24FNO. The fourth-order valence-corrected chi connectivity index (χ4v) is 3.40. The third kappa shape index (κ3) is 3.37. The predicted molar refractivity (Wildman–Crippen MR) is 81.7 cm³/mol. The number of rotatable bonds is 5. The van der Waals surface area contributed by atoms with Crippen molar-refractivity contribution >= 4 is 0 Å². The van der Waals surface area contributed by atoms with Gasteiger partial charge < -0.3 is 4.74 Å². The van der Waals surface area contributed by atoms with Gasteiger partial charge >= 0.3 is 0 Å². The summed E-state index contributed by atoms with van der Waals surface area (Å²) in [5.74, 6) is 0.886. The lowest BCUT2D eigenvalue weighted by Crippen LogP contribution is -2.31. The van der Waals surface area contributed by atoms with Gasteiger partial charge in [-0.25, -0.2) is 4.39 Å². The smallest absolute Gasteiger partial charge is 0.131 e. The van der Waals surface area contributed by atoms with Crippen molar-refractivity contribution in [1.82, 2.24) is 0 Å². The number of nitrogens with zero attached hydrogens (tertiary/aromatic N) is 1. The maximum Gasteiger partial charge on any atom is 0.131 e. The van der Waals surface area contributed by atoms with Crippen LogP contribution in [0.2, 0.25) is 0 Å². The van der Waals surface area contributed by atoms with E-state index in [2.05, 4.69) is 13.0 Å². The number of nitriles is 1. The van der Waals surface area contributed by atoms with E-state index in [4.69, 9.17) is 4.74 Å². The third-order valence-electron chi connectivity index (χ3n) is 4.83. The SMILES string of the molecule is CCCCC1CCC(C#N)(c2ccc(OC)cc2F)CC1. The number of unbranched alkanes of at least 4 members (excludes halogenated alkanes) is 1. The second-order valence-corrected chi connectivity index (χ2v) is 6.13. The Kier molecular flexibility index (Phi) is 5.22. The molecule has 21 heavy (non-hydrogen) atoms. The number of hydrogen-bond donors (Lipinski definition) is 0. The summed E-state index contributed by atoms with van der Waals surface area (Å²) in [5, 5.41) is 9.66. The van der Waals surface area contributed by atoms with Gasteiger partial charge in [0.2, 0.25) is 0 Å². The topological polar surface area (TPSA) is 33.0 Å². The Bertz CT molecular complexity index is 512. The molecule has 0 atom stereocenters. The average Bonchev–Trinajstić information content (AvgIpc) is 2.53. The van der Waals surface area contributed by atoms with E-state index in [1.807, 2.05) is 0 Å². The maximum atomic E-state index is 14.3. The van der Waals surface area contributed by atoms with Crippen LogP contribution in [0.3, 0.4) is 0 Å². The molecule has 0 aromatic heterocycles. The monoisotopic (exact) mass is 289 g/mol. The Balaban J connectivity index is 2.15. The Morgan fingerprint density at radius 2 is 2.10 bits per heavy atom. The van der Waals surface area contributed by atoms with Crippen LogP contribution >= 0.6 is 0 Å². The van der Waals surface area contributed by atoms with Gasteiger partial charge in [-0.3, -0.25) is 0 Å². The first-order valence-corrected chi connectivity index (χ1v) is 7.90. The van der Waals surface area contributed by atoms with Crippen LogP contribution < -0.4 is 4.74 Å². The zero-order valence-electron chi connectivity index (χ0n) is 13.0. The van der Waals surface area contributed by atoms with Gasteiger partial charge in [0.1, 0.15) is 11.6 Å². The molecule has 0 spiro atoms. The van der Waals surface area contributed by atoms with Crippen LogP contribution in [0.25, 0.3) is 0 Å². The lowest BCUT2D eigenvalue weighted by atomic mass is 9.66. The van der Waals surface area contributed by atoms with Crippen LogP contribution in [0.15, 0.2) is 18.2 Å². The molecule has 1 fully saturated rings. The zero-order chi connectivity index (χ0) is 15.3. The second kappa shape index (κ2) is 6.93. The molecule has 0 N–H and O–H groups in total. The van der Waals surface area contributed by atoms with Crippen LogP contribution in [-0.4, -0.2) is 7.11 Å². The van der Waals surface area contributed by atoms with Crippen molar-refractivity contribution < 1.29 is 9.13 Å². The van der Waals surface area contributed by atoms with Crippen LogP contribution in [0.1, 0.15) is 57.4 Å². The largest absolute Gasteiger partial charge is 0.497 e. The van der Waals surface area contributed by atoms with Crippen molar-refractivity contribution in [3.05, 3.63) is 29.6 Å². The highest BCUT2D eigenvalue weighted by Crippen LogP contribution is 2.43. The maximum absolute atomic E-state index is 14.3. The Morgan fingerprint density at radius 3 is 2.62 bits per heavy atom. The average molecular weight is 289 g/mol. The van der Waals surface area contributed by atoms with Gasteiger partial charge in [-0.15, -0.1) is 0 Å². The van der Waals surface area contributed by atoms with E-state index in [9.17, 15) is 9.65 Å². The number of benzene rings is 1. The molecule has 1 aliphatic carbocycles. The van der Waals surface area contributed by atoms with E-state index in [1.54, 1.807) is 12.1 Å². The first-order chi connectivity index (χ1) is 10.1. The van der Waals surface area contributed by atoms with E-state index in [-0.39, 0.29) is 5.82 Å². The predicted octanol–water partition coefficient (Wildman–Crippen LogP) is 4.98. The van der Waals surface area contributed by atoms with E-state index in [0.717, 1.165) is 25.7 Å². The van der Waals surface area contributed by atoms with Gasteiger partial charge in [0.05, 0.1) is 18.6 Å². The molecule has 0 bridgehead atoms. The van der Waals surface area contributed by atoms with Gasteiger partial charge in [0, 0.05) is 11.6 Å². The molecule has 1 aromatic carbocycles. The van der Waals surface area contributed by atoms with E-state index in [1.165, 1.54) is 32.4 Å². The third-order valence-corrected chi connectivity index (χ3v) is 4.83. The van der Waals surface area contributed by atoms with Gasteiger partial charge in [0.15, 0.2) is 0 Å². The van der Waals surface area contributed by atoms with E-state index >= 15 is 0 Å². The summed E-state index contributed by atoms with van der Waals surface area (Å²) < 4.78 is 19.4. The highest BCUT2D eigenvalue weighted by molar-refractivity contribution is 5.38. The quantitative estimate of drug-likeness (QED) is 0.766. The van der Waals surface area contributed by atoms with Gasteiger partial charge in [-0.05, 0) is 37.7 Å². The van der Waals surface area contributed by atoms with Crippen molar-refractivity contribution in [2.45, 2.75) is 57.3 Å². The minimum Gasteiger partial charge on any atom is -0.497 e. The molecule has 0 aliphatic heterocycles. The Labute approximate surface area is 126 Å². The summed E-state index contributed by atoms with van der Waals surface area (Å²) in [7, 11) is 1.52. The van der Waals surface area contributed by atoms with Crippen molar-refractivity contribution in [3.63, 3.8) is 0 Å². The first-order valence-electron chi connectivity index (χ1n) is 7.90. The fourth-order valence-electron chi connectivity index (χ4n) is 3.40. The minimum atomic E-state index is -0.654. The summed E-state index contributed by atoms with van der Waals surface area (Å²) in [6, 6.07) is 7.27. The van der Waals surface area contributed by atoms with Gasteiger partial charge in [-0.1, -0.05) is 32.3 Å². The molecule has 2 rings (SSSR count). The number of halogens is 1. The molecule has 2 nitrogen and oxygen atoms in total. The molecule has 1 aromatic rings. The molecule has 0 heterocycles. The summed E-state index contributed by atoms with van der Waals surface area (Å²) in [4.78, 5) is 0. The number of methoxy groups -OCH3 is 1. The van der Waals surface area contributed by atoms with Crippen LogP contribution in [0, 0.1) is 23.1 Å². The van der Waals surface area contributed by atoms with Crippen molar-refractivity contribution in [3.8, 4) is 11.8 Å². The minimum absolute atomic E-state index is 0.317. The molecule has 0 saturated heterocycles. The van der Waals surface area contributed by atoms with Gasteiger partial charge in [0.25, 0.3) is 0 Å². The van der Waals surface area contributed by atoms with Crippen LogP contribution in [0.4, 0.5) is 4.39 Å². The molecule has 114 valence electrons. The summed E-state index contributed by atoms with van der Waals surface area (Å²) in [5.41, 5.74) is -0.112. The number of hydrogen-bond acceptors (Lipinski definition) is 2. The standard InChI is InChI=1S/C18H24FNO/c1-3-4-5-14-8-10-18(13-20,11-9-14)16-7-6-15(21-2)12-17(16)19/h6-7,12,14H,3-5,8-11H2,1-2H3. The molecular weight excluding hydrogens is 265 g/mol. The van der Waals surface area contributed by atoms with E-state index in [0.29, 0.717) is 17.2 Å². The Hall–Kier alpha value is -1.56. The van der Waals surface area contributed by atoms with E-state index < -0.39 is 5.41 Å². The molecule has 0 unspecified atom stereocenters. The van der Waals surface area contributed by atoms with Crippen LogP contribution in [-0.2, 0) is 5.41 Å². The second-order valence-electron chi connectivity index (χ2n) is 6.13. The molecule has 0 radical (unpaired) electrons. The Morgan fingerprint density at radius 1 is 1.38 bits per heavy atom. The molecule has 0 amide bonds. The first kappa shape index (κ1) is 15.8.